The number of unbranched alkanes of at least 4 members (excludes halogenated alkanes) is 15. The van der Waals surface area contributed by atoms with E-state index < -0.39 is 5.60 Å². The predicted octanol–water partition coefficient (Wildman–Crippen LogP) is 11.5. The lowest BCUT2D eigenvalue weighted by atomic mass is 9.80. The van der Waals surface area contributed by atoms with E-state index in [0.717, 1.165) is 42.4 Å². The lowest BCUT2D eigenvalue weighted by Gasteiger charge is -2.36. The molecule has 49 heavy (non-hydrogen) atoms. The number of hydrogen-bond acceptors (Lipinski definition) is 4. The Morgan fingerprint density at radius 1 is 0.592 bits per heavy atom. The molecule has 1 aliphatic heterocycles. The molecule has 0 spiro atoms. The fourth-order valence-corrected chi connectivity index (χ4v) is 7.10. The van der Waals surface area contributed by atoms with Gasteiger partial charge in [0.05, 0.1) is 18.8 Å². The van der Waals surface area contributed by atoms with Crippen molar-refractivity contribution in [2.24, 2.45) is 0 Å². The maximum Gasteiger partial charge on any atom is 0.407 e. The van der Waals surface area contributed by atoms with E-state index >= 15 is 0 Å². The van der Waals surface area contributed by atoms with Crippen molar-refractivity contribution in [2.75, 3.05) is 19.8 Å². The molecule has 3 aromatic carbocycles. The fraction of sp³-hybridized carbons (Fsp3) is 0.568. The van der Waals surface area contributed by atoms with Crippen LogP contribution in [0, 0.1) is 0 Å². The van der Waals surface area contributed by atoms with Gasteiger partial charge in [0.15, 0.2) is 0 Å². The normalized spacial score (nSPS) is 16.1. The number of carbonyl (C=O) groups is 1. The van der Waals surface area contributed by atoms with E-state index in [2.05, 4.69) is 85.0 Å². The molecule has 268 valence electrons. The minimum atomic E-state index is -0.770. The second kappa shape index (κ2) is 23.3. The van der Waals surface area contributed by atoms with Crippen LogP contribution in [0.1, 0.15) is 139 Å². The summed E-state index contributed by atoms with van der Waals surface area (Å²) in [4.78, 5) is 12.4. The van der Waals surface area contributed by atoms with Gasteiger partial charge in [0.2, 0.25) is 0 Å². The standard InChI is InChI=1S/C44H63NO4/c1-2-3-4-5-6-7-8-9-10-11-12-13-14-15-16-26-35-45-43(46)47-36-41-33-34-42(49-41)37-48-44(38-27-20-17-21-28-38,39-29-22-18-23-30-39)40-31-24-19-25-32-40/h17-25,27-32,41-42H,2-16,26,33-37H2,1H3,(H,45,46). The van der Waals surface area contributed by atoms with Crippen molar-refractivity contribution in [2.45, 2.75) is 140 Å². The fourth-order valence-electron chi connectivity index (χ4n) is 7.10. The molecule has 5 heteroatoms. The zero-order chi connectivity index (χ0) is 34.2. The van der Waals surface area contributed by atoms with Crippen molar-refractivity contribution >= 4 is 6.09 Å². The van der Waals surface area contributed by atoms with E-state index in [9.17, 15) is 4.79 Å². The second-order valence-corrected chi connectivity index (χ2v) is 13.9. The number of alkyl carbamates (subject to hydrolysis) is 1. The first-order valence-corrected chi connectivity index (χ1v) is 19.6. The zero-order valence-corrected chi connectivity index (χ0v) is 30.3. The molecule has 1 saturated heterocycles. The third-order valence-corrected chi connectivity index (χ3v) is 9.92. The quantitative estimate of drug-likeness (QED) is 0.0720. The summed E-state index contributed by atoms with van der Waals surface area (Å²) < 4.78 is 18.8. The highest BCUT2D eigenvalue weighted by Gasteiger charge is 2.39. The highest BCUT2D eigenvalue weighted by atomic mass is 16.6. The minimum absolute atomic E-state index is 0.0720. The molecule has 0 aromatic heterocycles. The molecule has 1 fully saturated rings. The van der Waals surface area contributed by atoms with Gasteiger partial charge >= 0.3 is 6.09 Å². The van der Waals surface area contributed by atoms with Gasteiger partial charge < -0.3 is 19.5 Å². The second-order valence-electron chi connectivity index (χ2n) is 13.9. The molecule has 1 amide bonds. The Kier molecular flexibility index (Phi) is 18.4. The largest absolute Gasteiger partial charge is 0.447 e. The Balaban J connectivity index is 1.07. The van der Waals surface area contributed by atoms with Gasteiger partial charge in [-0.2, -0.15) is 0 Å². The van der Waals surface area contributed by atoms with E-state index in [4.69, 9.17) is 14.2 Å². The van der Waals surface area contributed by atoms with Crippen molar-refractivity contribution < 1.29 is 19.0 Å². The molecule has 3 aromatic rings. The summed E-state index contributed by atoms with van der Waals surface area (Å²) in [5, 5.41) is 2.93. The maximum absolute atomic E-state index is 12.4. The lowest BCUT2D eigenvalue weighted by Crippen LogP contribution is -2.36. The van der Waals surface area contributed by atoms with Gasteiger partial charge in [-0.05, 0) is 36.0 Å². The molecule has 0 radical (unpaired) electrons. The Labute approximate surface area is 297 Å². The molecule has 1 N–H and O–H groups in total. The summed E-state index contributed by atoms with van der Waals surface area (Å²) in [7, 11) is 0. The lowest BCUT2D eigenvalue weighted by molar-refractivity contribution is -0.0701. The van der Waals surface area contributed by atoms with Crippen LogP contribution in [0.25, 0.3) is 0 Å². The molecule has 5 nitrogen and oxygen atoms in total. The van der Waals surface area contributed by atoms with E-state index in [1.54, 1.807) is 0 Å². The van der Waals surface area contributed by atoms with Crippen LogP contribution in [-0.2, 0) is 19.8 Å². The minimum Gasteiger partial charge on any atom is -0.447 e. The molecule has 0 bridgehead atoms. The summed E-state index contributed by atoms with van der Waals surface area (Å²) in [6.45, 7) is 3.65. The SMILES string of the molecule is CCCCCCCCCCCCCCCCCCNC(=O)OCC1CCC(COC(c2ccccc2)(c2ccccc2)c2ccccc2)O1. The summed E-state index contributed by atoms with van der Waals surface area (Å²) >= 11 is 0. The Hall–Kier alpha value is -3.15. The molecule has 0 aliphatic carbocycles. The summed E-state index contributed by atoms with van der Waals surface area (Å²) in [5.41, 5.74) is 2.46. The van der Waals surface area contributed by atoms with Gasteiger partial charge in [-0.1, -0.05) is 194 Å². The molecular weight excluding hydrogens is 606 g/mol. The zero-order valence-electron chi connectivity index (χ0n) is 30.3. The number of nitrogens with one attached hydrogen (secondary N) is 1. The average molecular weight is 670 g/mol. The van der Waals surface area contributed by atoms with Crippen molar-refractivity contribution in [3.05, 3.63) is 108 Å². The molecule has 1 heterocycles. The molecule has 2 atom stereocenters. The smallest absolute Gasteiger partial charge is 0.407 e. The van der Waals surface area contributed by atoms with Gasteiger partial charge in [0.25, 0.3) is 0 Å². The first-order valence-electron chi connectivity index (χ1n) is 19.6. The Morgan fingerprint density at radius 3 is 1.41 bits per heavy atom. The molecular formula is C44H63NO4. The Bertz CT molecular complexity index is 1160. The summed E-state index contributed by atoms with van der Waals surface area (Å²) in [5.74, 6) is 0. The number of amides is 1. The third kappa shape index (κ3) is 13.6. The van der Waals surface area contributed by atoms with Gasteiger partial charge in [0, 0.05) is 6.54 Å². The highest BCUT2D eigenvalue weighted by molar-refractivity contribution is 5.67. The Morgan fingerprint density at radius 2 is 0.980 bits per heavy atom. The van der Waals surface area contributed by atoms with Crippen LogP contribution in [-0.4, -0.2) is 38.1 Å². The number of benzene rings is 3. The molecule has 1 aliphatic rings. The summed E-state index contributed by atoms with van der Waals surface area (Å²) in [6, 6.07) is 31.2. The van der Waals surface area contributed by atoms with Crippen molar-refractivity contribution in [1.82, 2.24) is 5.32 Å². The number of hydrogen-bond donors (Lipinski definition) is 1. The van der Waals surface area contributed by atoms with E-state index in [-0.39, 0.29) is 24.9 Å². The highest BCUT2D eigenvalue weighted by Crippen LogP contribution is 2.41. The average Bonchev–Trinajstić information content (AvgIpc) is 3.61. The van der Waals surface area contributed by atoms with E-state index in [1.807, 2.05) is 18.2 Å². The van der Waals surface area contributed by atoms with Crippen LogP contribution < -0.4 is 5.32 Å². The van der Waals surface area contributed by atoms with Gasteiger partial charge in [0.1, 0.15) is 12.2 Å². The van der Waals surface area contributed by atoms with Crippen molar-refractivity contribution in [1.29, 1.82) is 0 Å². The first-order chi connectivity index (χ1) is 24.2. The molecule has 0 saturated carbocycles. The van der Waals surface area contributed by atoms with Gasteiger partial charge in [-0.25, -0.2) is 4.79 Å². The molecule has 4 rings (SSSR count). The monoisotopic (exact) mass is 669 g/mol. The maximum atomic E-state index is 12.4. The van der Waals surface area contributed by atoms with Gasteiger partial charge in [-0.15, -0.1) is 0 Å². The van der Waals surface area contributed by atoms with Gasteiger partial charge in [-0.3, -0.25) is 0 Å². The van der Waals surface area contributed by atoms with Crippen molar-refractivity contribution in [3.63, 3.8) is 0 Å². The van der Waals surface area contributed by atoms with Crippen molar-refractivity contribution in [3.8, 4) is 0 Å². The first kappa shape index (κ1) is 38.6. The van der Waals surface area contributed by atoms with Crippen LogP contribution in [0.4, 0.5) is 4.79 Å². The van der Waals surface area contributed by atoms with Crippen LogP contribution >= 0.6 is 0 Å². The van der Waals surface area contributed by atoms with Crippen LogP contribution in [0.5, 0.6) is 0 Å². The van der Waals surface area contributed by atoms with Crippen LogP contribution in [0.15, 0.2) is 91.0 Å². The number of ether oxygens (including phenoxy) is 3. The third-order valence-electron chi connectivity index (χ3n) is 9.92. The van der Waals surface area contributed by atoms with Crippen LogP contribution in [0.2, 0.25) is 0 Å². The molecule has 2 unspecified atom stereocenters. The number of carbonyl (C=O) groups excluding carboxylic acids is 1. The van der Waals surface area contributed by atoms with E-state index in [0.29, 0.717) is 13.2 Å². The van der Waals surface area contributed by atoms with E-state index in [1.165, 1.54) is 89.9 Å². The summed E-state index contributed by atoms with van der Waals surface area (Å²) in [6.07, 6.45) is 22.7. The topological polar surface area (TPSA) is 56.8 Å². The number of rotatable bonds is 25. The van der Waals surface area contributed by atoms with Crippen LogP contribution in [0.3, 0.4) is 0 Å². The predicted molar refractivity (Wildman–Crippen MR) is 202 cm³/mol.